The van der Waals surface area contributed by atoms with E-state index in [4.69, 9.17) is 5.73 Å². The molecule has 0 radical (unpaired) electrons. The molecule has 1 aliphatic rings. The van der Waals surface area contributed by atoms with Gasteiger partial charge in [-0.3, -0.25) is 0 Å². The number of hydrogen-bond acceptors (Lipinski definition) is 2. The minimum atomic E-state index is 0.363. The lowest BCUT2D eigenvalue weighted by Crippen LogP contribution is -2.36. The Bertz CT molecular complexity index is 134. The molecule has 13 heavy (non-hydrogen) atoms. The molecule has 1 fully saturated rings. The zero-order valence-electron chi connectivity index (χ0n) is 9.05. The quantitative estimate of drug-likeness (QED) is 0.640. The second kappa shape index (κ2) is 5.61. The van der Waals surface area contributed by atoms with Crippen LogP contribution in [-0.4, -0.2) is 18.6 Å². The molecular weight excluding hydrogens is 160 g/mol. The molecule has 78 valence electrons. The molecule has 3 atom stereocenters. The number of unbranched alkanes of at least 4 members (excludes halogenated alkanes) is 2. The van der Waals surface area contributed by atoms with E-state index in [9.17, 15) is 0 Å². The summed E-state index contributed by atoms with van der Waals surface area (Å²) in [5.74, 6) is 0.719. The zero-order valence-corrected chi connectivity index (χ0v) is 9.05. The Labute approximate surface area is 82.3 Å². The van der Waals surface area contributed by atoms with Crippen LogP contribution in [0, 0.1) is 5.92 Å². The third-order valence-electron chi connectivity index (χ3n) is 3.20. The topological polar surface area (TPSA) is 38.0 Å². The summed E-state index contributed by atoms with van der Waals surface area (Å²) in [7, 11) is 0. The van der Waals surface area contributed by atoms with Crippen molar-refractivity contribution in [2.24, 2.45) is 11.7 Å². The average Bonchev–Trinajstić information content (AvgIpc) is 2.53. The number of rotatable bonds is 5. The summed E-state index contributed by atoms with van der Waals surface area (Å²) in [4.78, 5) is 0. The Morgan fingerprint density at radius 2 is 2.23 bits per heavy atom. The molecule has 0 saturated carbocycles. The van der Waals surface area contributed by atoms with E-state index in [1.807, 2.05) is 0 Å². The fraction of sp³-hybridized carbons (Fsp3) is 1.00. The first-order valence-electron chi connectivity index (χ1n) is 5.74. The predicted octanol–water partition coefficient (Wildman–Crippen LogP) is 1.89. The largest absolute Gasteiger partial charge is 0.328 e. The van der Waals surface area contributed by atoms with Gasteiger partial charge in [0.1, 0.15) is 0 Å². The lowest BCUT2D eigenvalue weighted by atomic mass is 9.90. The molecule has 0 aromatic heterocycles. The van der Waals surface area contributed by atoms with Crippen LogP contribution in [0.4, 0.5) is 0 Å². The monoisotopic (exact) mass is 184 g/mol. The molecule has 0 bridgehead atoms. The Morgan fingerprint density at radius 1 is 1.46 bits per heavy atom. The van der Waals surface area contributed by atoms with Gasteiger partial charge in [-0.05, 0) is 32.2 Å². The Kier molecular flexibility index (Phi) is 4.74. The van der Waals surface area contributed by atoms with E-state index in [0.717, 1.165) is 5.92 Å². The highest BCUT2D eigenvalue weighted by atomic mass is 15.0. The van der Waals surface area contributed by atoms with Crippen LogP contribution in [0.2, 0.25) is 0 Å². The van der Waals surface area contributed by atoms with E-state index in [-0.39, 0.29) is 0 Å². The molecule has 0 amide bonds. The molecule has 0 aromatic carbocycles. The van der Waals surface area contributed by atoms with Crippen molar-refractivity contribution in [1.29, 1.82) is 0 Å². The molecule has 1 rings (SSSR count). The third-order valence-corrected chi connectivity index (χ3v) is 3.20. The van der Waals surface area contributed by atoms with Crippen molar-refractivity contribution in [2.75, 3.05) is 6.54 Å². The zero-order chi connectivity index (χ0) is 9.68. The summed E-state index contributed by atoms with van der Waals surface area (Å²) >= 11 is 0. The SMILES string of the molecule is CCCCCC1NCCC1C(C)N. The van der Waals surface area contributed by atoms with Crippen molar-refractivity contribution < 1.29 is 0 Å². The van der Waals surface area contributed by atoms with Crippen molar-refractivity contribution in [2.45, 2.75) is 58.0 Å². The van der Waals surface area contributed by atoms with Gasteiger partial charge in [0.15, 0.2) is 0 Å². The van der Waals surface area contributed by atoms with Crippen molar-refractivity contribution >= 4 is 0 Å². The maximum absolute atomic E-state index is 5.95. The van der Waals surface area contributed by atoms with Crippen LogP contribution in [0.15, 0.2) is 0 Å². The van der Waals surface area contributed by atoms with Gasteiger partial charge in [-0.1, -0.05) is 26.2 Å². The van der Waals surface area contributed by atoms with Crippen LogP contribution in [0.5, 0.6) is 0 Å². The normalized spacial score (nSPS) is 30.7. The first-order valence-corrected chi connectivity index (χ1v) is 5.74. The molecule has 1 heterocycles. The molecule has 0 spiro atoms. The standard InChI is InChI=1S/C11H24N2/c1-3-4-5-6-11-10(9(2)12)7-8-13-11/h9-11,13H,3-8,12H2,1-2H3. The van der Waals surface area contributed by atoms with Crippen LogP contribution in [0.1, 0.15) is 46.0 Å². The van der Waals surface area contributed by atoms with E-state index in [2.05, 4.69) is 19.2 Å². The number of nitrogens with two attached hydrogens (primary N) is 1. The Morgan fingerprint density at radius 3 is 2.85 bits per heavy atom. The van der Waals surface area contributed by atoms with Gasteiger partial charge in [-0.2, -0.15) is 0 Å². The van der Waals surface area contributed by atoms with E-state index >= 15 is 0 Å². The van der Waals surface area contributed by atoms with E-state index < -0.39 is 0 Å². The van der Waals surface area contributed by atoms with E-state index in [0.29, 0.717) is 12.1 Å². The average molecular weight is 184 g/mol. The second-order valence-electron chi connectivity index (χ2n) is 4.37. The van der Waals surface area contributed by atoms with Crippen LogP contribution < -0.4 is 11.1 Å². The fourth-order valence-corrected chi connectivity index (χ4v) is 2.35. The minimum Gasteiger partial charge on any atom is -0.328 e. The molecule has 3 unspecified atom stereocenters. The van der Waals surface area contributed by atoms with Crippen LogP contribution >= 0.6 is 0 Å². The number of nitrogens with one attached hydrogen (secondary N) is 1. The summed E-state index contributed by atoms with van der Waals surface area (Å²) in [5.41, 5.74) is 5.95. The molecular formula is C11H24N2. The molecule has 2 nitrogen and oxygen atoms in total. The van der Waals surface area contributed by atoms with Crippen molar-refractivity contribution in [3.05, 3.63) is 0 Å². The molecule has 3 N–H and O–H groups in total. The summed E-state index contributed by atoms with van der Waals surface area (Å²) in [6.07, 6.45) is 6.63. The highest BCUT2D eigenvalue weighted by Crippen LogP contribution is 2.22. The lowest BCUT2D eigenvalue weighted by Gasteiger charge is -2.22. The van der Waals surface area contributed by atoms with Gasteiger partial charge in [-0.25, -0.2) is 0 Å². The summed E-state index contributed by atoms with van der Waals surface area (Å²) in [6, 6.07) is 1.06. The van der Waals surface area contributed by atoms with Gasteiger partial charge in [0, 0.05) is 12.1 Å². The highest BCUT2D eigenvalue weighted by molar-refractivity contribution is 4.87. The molecule has 0 aliphatic carbocycles. The van der Waals surface area contributed by atoms with Gasteiger partial charge in [0.25, 0.3) is 0 Å². The summed E-state index contributed by atoms with van der Waals surface area (Å²) < 4.78 is 0. The molecule has 2 heteroatoms. The Balaban J connectivity index is 2.23. The first-order chi connectivity index (χ1) is 6.25. The van der Waals surface area contributed by atoms with Gasteiger partial charge in [-0.15, -0.1) is 0 Å². The Hall–Kier alpha value is -0.0800. The maximum atomic E-state index is 5.95. The van der Waals surface area contributed by atoms with Crippen LogP contribution in [0.3, 0.4) is 0 Å². The van der Waals surface area contributed by atoms with E-state index in [1.54, 1.807) is 0 Å². The van der Waals surface area contributed by atoms with Gasteiger partial charge < -0.3 is 11.1 Å². The molecule has 1 saturated heterocycles. The smallest absolute Gasteiger partial charge is 0.0110 e. The summed E-state index contributed by atoms with van der Waals surface area (Å²) in [6.45, 7) is 5.57. The van der Waals surface area contributed by atoms with E-state index in [1.165, 1.54) is 38.6 Å². The third kappa shape index (κ3) is 3.28. The molecule has 0 aromatic rings. The van der Waals surface area contributed by atoms with Crippen molar-refractivity contribution in [3.8, 4) is 0 Å². The van der Waals surface area contributed by atoms with Gasteiger partial charge >= 0.3 is 0 Å². The van der Waals surface area contributed by atoms with Crippen molar-refractivity contribution in [3.63, 3.8) is 0 Å². The maximum Gasteiger partial charge on any atom is 0.0110 e. The second-order valence-corrected chi connectivity index (χ2v) is 4.37. The molecule has 1 aliphatic heterocycles. The van der Waals surface area contributed by atoms with Crippen molar-refractivity contribution in [1.82, 2.24) is 5.32 Å². The fourth-order valence-electron chi connectivity index (χ4n) is 2.35. The highest BCUT2D eigenvalue weighted by Gasteiger charge is 2.28. The van der Waals surface area contributed by atoms with Crippen LogP contribution in [0.25, 0.3) is 0 Å². The summed E-state index contributed by atoms with van der Waals surface area (Å²) in [5, 5.41) is 3.57. The minimum absolute atomic E-state index is 0.363. The van der Waals surface area contributed by atoms with Gasteiger partial charge in [0.2, 0.25) is 0 Å². The first kappa shape index (κ1) is 11.0. The predicted molar refractivity (Wildman–Crippen MR) is 57.7 cm³/mol. The number of hydrogen-bond donors (Lipinski definition) is 2. The lowest BCUT2D eigenvalue weighted by molar-refractivity contribution is 0.362. The van der Waals surface area contributed by atoms with Gasteiger partial charge in [0.05, 0.1) is 0 Å². The van der Waals surface area contributed by atoms with Crippen LogP contribution in [-0.2, 0) is 0 Å².